The van der Waals surface area contributed by atoms with Crippen LogP contribution in [0.25, 0.3) is 0 Å². The van der Waals surface area contributed by atoms with Gasteiger partial charge in [-0.2, -0.15) is 0 Å². The number of methoxy groups -OCH3 is 1. The van der Waals surface area contributed by atoms with Gasteiger partial charge in [0.2, 0.25) is 6.79 Å². The van der Waals surface area contributed by atoms with Crippen molar-refractivity contribution < 1.29 is 32.6 Å². The molecule has 0 amide bonds. The lowest BCUT2D eigenvalue weighted by Gasteiger charge is -2.25. The van der Waals surface area contributed by atoms with E-state index in [1.165, 1.54) is 0 Å². The standard InChI is InChI=1S/C15H21NO6S/c1-20-4-3-16(12-2-5-23(18,19)9-12)8-11-6-14-15(7-13(11)17)22-10-21-14/h6-7,12,17H,2-5,8-10H2,1H3/p+1/t12-/m1/s1. The summed E-state index contributed by atoms with van der Waals surface area (Å²) in [5.74, 6) is 1.72. The quantitative estimate of drug-likeness (QED) is 0.713. The summed E-state index contributed by atoms with van der Waals surface area (Å²) in [4.78, 5) is 1.10. The van der Waals surface area contributed by atoms with E-state index in [-0.39, 0.29) is 30.1 Å². The van der Waals surface area contributed by atoms with Gasteiger partial charge < -0.3 is 24.2 Å². The third-order valence-electron chi connectivity index (χ3n) is 4.43. The zero-order valence-electron chi connectivity index (χ0n) is 13.1. The molecule has 128 valence electrons. The number of fused-ring (bicyclic) bond motifs is 1. The van der Waals surface area contributed by atoms with Crippen LogP contribution in [0.15, 0.2) is 12.1 Å². The van der Waals surface area contributed by atoms with Gasteiger partial charge in [-0.05, 0) is 6.07 Å². The van der Waals surface area contributed by atoms with Gasteiger partial charge in [0.05, 0.1) is 17.9 Å². The van der Waals surface area contributed by atoms with Gasteiger partial charge >= 0.3 is 0 Å². The predicted octanol–water partition coefficient (Wildman–Crippen LogP) is -0.661. The topological polar surface area (TPSA) is 86.5 Å². The minimum absolute atomic E-state index is 0.0278. The van der Waals surface area contributed by atoms with E-state index >= 15 is 0 Å². The van der Waals surface area contributed by atoms with E-state index in [1.807, 2.05) is 0 Å². The Kier molecular flexibility index (Phi) is 4.65. The molecule has 7 nitrogen and oxygen atoms in total. The second-order valence-electron chi connectivity index (χ2n) is 6.01. The second-order valence-corrected chi connectivity index (χ2v) is 8.24. The molecule has 1 fully saturated rings. The molecule has 3 rings (SSSR count). The van der Waals surface area contributed by atoms with Crippen LogP contribution >= 0.6 is 0 Å². The fourth-order valence-electron chi connectivity index (χ4n) is 3.15. The van der Waals surface area contributed by atoms with Gasteiger partial charge in [-0.1, -0.05) is 0 Å². The summed E-state index contributed by atoms with van der Waals surface area (Å²) < 4.78 is 39.3. The van der Waals surface area contributed by atoms with E-state index in [1.54, 1.807) is 19.2 Å². The van der Waals surface area contributed by atoms with E-state index < -0.39 is 9.84 Å². The Morgan fingerprint density at radius 2 is 2.09 bits per heavy atom. The van der Waals surface area contributed by atoms with Crippen LogP contribution in [0.5, 0.6) is 17.2 Å². The Morgan fingerprint density at radius 3 is 2.74 bits per heavy atom. The Balaban J connectivity index is 1.78. The summed E-state index contributed by atoms with van der Waals surface area (Å²) in [6, 6.07) is 3.35. The number of sulfone groups is 1. The fourth-order valence-corrected chi connectivity index (χ4v) is 4.97. The molecule has 0 saturated carbocycles. The van der Waals surface area contributed by atoms with Gasteiger partial charge in [0.1, 0.15) is 30.6 Å². The van der Waals surface area contributed by atoms with Crippen molar-refractivity contribution in [3.63, 3.8) is 0 Å². The van der Waals surface area contributed by atoms with Crippen molar-refractivity contribution in [2.45, 2.75) is 19.0 Å². The SMILES string of the molecule is COCC[NH+](Cc1cc2c(cc1O)OCO2)[C@@H]1CCS(=O)(=O)C1. The monoisotopic (exact) mass is 344 g/mol. The number of hydrogen-bond donors (Lipinski definition) is 2. The molecule has 2 heterocycles. The first-order chi connectivity index (χ1) is 11.0. The summed E-state index contributed by atoms with van der Waals surface area (Å²) in [6.07, 6.45) is 0.646. The van der Waals surface area contributed by atoms with Crippen LogP contribution in [0.1, 0.15) is 12.0 Å². The number of phenolic OH excluding ortho intramolecular Hbond substituents is 1. The van der Waals surface area contributed by atoms with E-state index in [0.717, 1.165) is 10.5 Å². The Labute approximate surface area is 135 Å². The zero-order chi connectivity index (χ0) is 16.4. The first kappa shape index (κ1) is 16.4. The minimum atomic E-state index is -2.95. The number of nitrogens with one attached hydrogen (secondary N) is 1. The molecule has 0 spiro atoms. The van der Waals surface area contributed by atoms with Crippen molar-refractivity contribution in [1.29, 1.82) is 0 Å². The molecule has 2 N–H and O–H groups in total. The molecule has 2 aliphatic rings. The Hall–Kier alpha value is -1.51. The Morgan fingerprint density at radius 1 is 1.35 bits per heavy atom. The van der Waals surface area contributed by atoms with Crippen LogP contribution in [0.2, 0.25) is 0 Å². The highest BCUT2D eigenvalue weighted by molar-refractivity contribution is 7.91. The van der Waals surface area contributed by atoms with Crippen LogP contribution in [0, 0.1) is 0 Å². The van der Waals surface area contributed by atoms with Gasteiger partial charge in [-0.15, -0.1) is 0 Å². The summed E-state index contributed by atoms with van der Waals surface area (Å²) in [7, 11) is -1.32. The van der Waals surface area contributed by atoms with Gasteiger partial charge in [-0.3, -0.25) is 0 Å². The average molecular weight is 344 g/mol. The van der Waals surface area contributed by atoms with E-state index in [0.29, 0.717) is 37.6 Å². The van der Waals surface area contributed by atoms with Crippen LogP contribution in [0.4, 0.5) is 0 Å². The van der Waals surface area contributed by atoms with Crippen molar-refractivity contribution in [2.75, 3.05) is 38.6 Å². The maximum Gasteiger partial charge on any atom is 0.231 e. The number of benzene rings is 1. The van der Waals surface area contributed by atoms with Gasteiger partial charge in [0, 0.05) is 19.6 Å². The third-order valence-corrected chi connectivity index (χ3v) is 6.20. The molecule has 2 atom stereocenters. The molecule has 2 aliphatic heterocycles. The maximum absolute atomic E-state index is 11.8. The molecule has 0 aromatic heterocycles. The lowest BCUT2D eigenvalue weighted by Crippen LogP contribution is -3.15. The molecule has 0 radical (unpaired) electrons. The first-order valence-electron chi connectivity index (χ1n) is 7.64. The van der Waals surface area contributed by atoms with Crippen LogP contribution in [-0.4, -0.2) is 58.1 Å². The number of phenols is 1. The van der Waals surface area contributed by atoms with Crippen LogP contribution < -0.4 is 14.4 Å². The van der Waals surface area contributed by atoms with Crippen molar-refractivity contribution in [3.05, 3.63) is 17.7 Å². The number of hydrogen-bond acceptors (Lipinski definition) is 6. The lowest BCUT2D eigenvalue weighted by atomic mass is 10.1. The molecule has 0 bridgehead atoms. The molecule has 0 aliphatic carbocycles. The normalized spacial score (nSPS) is 23.1. The second kappa shape index (κ2) is 6.54. The number of rotatable bonds is 6. The van der Waals surface area contributed by atoms with Gasteiger partial charge in [-0.25, -0.2) is 8.42 Å². The van der Waals surface area contributed by atoms with Crippen molar-refractivity contribution in [3.8, 4) is 17.2 Å². The lowest BCUT2D eigenvalue weighted by molar-refractivity contribution is -0.936. The van der Waals surface area contributed by atoms with Crippen LogP contribution in [-0.2, 0) is 21.1 Å². The summed E-state index contributed by atoms with van der Waals surface area (Å²) in [5, 5.41) is 10.2. The first-order valence-corrected chi connectivity index (χ1v) is 9.46. The predicted molar refractivity (Wildman–Crippen MR) is 82.7 cm³/mol. The van der Waals surface area contributed by atoms with Gasteiger partial charge in [0.25, 0.3) is 0 Å². The third kappa shape index (κ3) is 3.70. The summed E-state index contributed by atoms with van der Waals surface area (Å²) in [5.41, 5.74) is 0.727. The molecule has 1 unspecified atom stereocenters. The van der Waals surface area contributed by atoms with Gasteiger partial charge in [0.15, 0.2) is 21.3 Å². The van der Waals surface area contributed by atoms with Crippen molar-refractivity contribution >= 4 is 9.84 Å². The molecule has 23 heavy (non-hydrogen) atoms. The largest absolute Gasteiger partial charge is 0.507 e. The fraction of sp³-hybridized carbons (Fsp3) is 0.600. The average Bonchev–Trinajstić information content (AvgIpc) is 3.09. The van der Waals surface area contributed by atoms with E-state index in [2.05, 4.69) is 0 Å². The van der Waals surface area contributed by atoms with Crippen molar-refractivity contribution in [1.82, 2.24) is 0 Å². The molecule has 1 aromatic rings. The minimum Gasteiger partial charge on any atom is -0.507 e. The highest BCUT2D eigenvalue weighted by atomic mass is 32.2. The zero-order valence-corrected chi connectivity index (χ0v) is 13.9. The molecular weight excluding hydrogens is 322 g/mol. The van der Waals surface area contributed by atoms with Crippen LogP contribution in [0.3, 0.4) is 0 Å². The summed E-state index contributed by atoms with van der Waals surface area (Å²) >= 11 is 0. The molecular formula is C15H22NO6S+. The number of quaternary nitrogens is 1. The smallest absolute Gasteiger partial charge is 0.231 e. The van der Waals surface area contributed by atoms with E-state index in [4.69, 9.17) is 14.2 Å². The highest BCUT2D eigenvalue weighted by Crippen LogP contribution is 2.37. The number of ether oxygens (including phenoxy) is 3. The molecule has 8 heteroatoms. The molecule has 1 aromatic carbocycles. The van der Waals surface area contributed by atoms with E-state index in [9.17, 15) is 13.5 Å². The number of aromatic hydroxyl groups is 1. The molecule has 1 saturated heterocycles. The van der Waals surface area contributed by atoms with Crippen molar-refractivity contribution in [2.24, 2.45) is 0 Å². The highest BCUT2D eigenvalue weighted by Gasteiger charge is 2.35. The maximum atomic E-state index is 11.8. The Bertz CT molecular complexity index is 675. The summed E-state index contributed by atoms with van der Waals surface area (Å²) in [6.45, 7) is 1.90.